The van der Waals surface area contributed by atoms with Gasteiger partial charge >= 0.3 is 5.56 Å². The third kappa shape index (κ3) is 2.73. The standard InChI is InChI=1S/C15H12N4O4/c1-2-22-9-17-19-8-16-11-12(15(19)21)18-23-14(11)13(20)10-6-4-3-5-7-10/h3-9H,2H2,1H3/b17-9+. The number of benzene rings is 1. The van der Waals surface area contributed by atoms with Gasteiger partial charge in [0.1, 0.15) is 11.8 Å². The van der Waals surface area contributed by atoms with E-state index in [1.807, 2.05) is 0 Å². The lowest BCUT2D eigenvalue weighted by molar-refractivity contribution is 0.100. The Morgan fingerprint density at radius 3 is 2.87 bits per heavy atom. The monoisotopic (exact) mass is 312 g/mol. The summed E-state index contributed by atoms with van der Waals surface area (Å²) in [4.78, 5) is 28.7. The largest absolute Gasteiger partial charge is 0.482 e. The Hall–Kier alpha value is -3.29. The number of hydrogen-bond acceptors (Lipinski definition) is 7. The smallest absolute Gasteiger partial charge is 0.304 e. The van der Waals surface area contributed by atoms with E-state index in [2.05, 4.69) is 15.2 Å². The molecule has 0 spiro atoms. The van der Waals surface area contributed by atoms with E-state index in [1.54, 1.807) is 37.3 Å². The number of carbonyl (C=O) groups is 1. The van der Waals surface area contributed by atoms with Crippen molar-refractivity contribution in [2.24, 2.45) is 5.10 Å². The van der Waals surface area contributed by atoms with Crippen molar-refractivity contribution in [2.75, 3.05) is 6.61 Å². The van der Waals surface area contributed by atoms with Gasteiger partial charge in [-0.25, -0.2) is 4.98 Å². The van der Waals surface area contributed by atoms with Crippen LogP contribution in [0.5, 0.6) is 0 Å². The fourth-order valence-corrected chi connectivity index (χ4v) is 1.93. The van der Waals surface area contributed by atoms with Crippen LogP contribution in [0.25, 0.3) is 11.0 Å². The van der Waals surface area contributed by atoms with Crippen LogP contribution in [0.1, 0.15) is 23.0 Å². The first-order valence-electron chi connectivity index (χ1n) is 6.83. The first kappa shape index (κ1) is 14.6. The Bertz CT molecular complexity index is 928. The van der Waals surface area contributed by atoms with E-state index in [9.17, 15) is 9.59 Å². The summed E-state index contributed by atoms with van der Waals surface area (Å²) in [5, 5.41) is 7.43. The molecule has 0 saturated carbocycles. The van der Waals surface area contributed by atoms with Gasteiger partial charge in [0, 0.05) is 5.56 Å². The molecular formula is C15H12N4O4. The molecule has 3 aromatic rings. The van der Waals surface area contributed by atoms with Gasteiger partial charge in [0.05, 0.1) is 6.61 Å². The maximum absolute atomic E-state index is 12.4. The number of ketones is 1. The number of nitrogens with zero attached hydrogens (tertiary/aromatic N) is 4. The molecule has 1 aromatic carbocycles. The predicted molar refractivity (Wildman–Crippen MR) is 81.5 cm³/mol. The van der Waals surface area contributed by atoms with Crippen LogP contribution < -0.4 is 5.56 Å². The van der Waals surface area contributed by atoms with Gasteiger partial charge in [-0.2, -0.15) is 4.68 Å². The van der Waals surface area contributed by atoms with Crippen molar-refractivity contribution in [1.82, 2.24) is 14.8 Å². The molecule has 0 N–H and O–H groups in total. The van der Waals surface area contributed by atoms with Crippen LogP contribution in [-0.2, 0) is 4.74 Å². The highest BCUT2D eigenvalue weighted by atomic mass is 16.5. The molecule has 0 unspecified atom stereocenters. The van der Waals surface area contributed by atoms with Crippen molar-refractivity contribution in [2.45, 2.75) is 6.92 Å². The van der Waals surface area contributed by atoms with E-state index in [1.165, 1.54) is 6.33 Å². The van der Waals surface area contributed by atoms with Crippen LogP contribution in [0, 0.1) is 0 Å². The van der Waals surface area contributed by atoms with E-state index in [0.29, 0.717) is 12.2 Å². The molecule has 0 aliphatic rings. The molecule has 8 heteroatoms. The number of hydrogen-bond donors (Lipinski definition) is 0. The van der Waals surface area contributed by atoms with Crippen molar-refractivity contribution in [3.8, 4) is 0 Å². The lowest BCUT2D eigenvalue weighted by Gasteiger charge is -1.98. The molecule has 116 valence electrons. The van der Waals surface area contributed by atoms with Gasteiger partial charge in [0.25, 0.3) is 0 Å². The van der Waals surface area contributed by atoms with E-state index in [-0.39, 0.29) is 16.8 Å². The fraction of sp³-hybridized carbons (Fsp3) is 0.133. The summed E-state index contributed by atoms with van der Waals surface area (Å²) in [5.41, 5.74) is -0.0974. The molecule has 0 amide bonds. The number of rotatable bonds is 5. The van der Waals surface area contributed by atoms with E-state index in [0.717, 1.165) is 11.1 Å². The Morgan fingerprint density at radius 2 is 2.13 bits per heavy atom. The van der Waals surface area contributed by atoms with Crippen LogP contribution in [0.4, 0.5) is 0 Å². The van der Waals surface area contributed by atoms with Gasteiger partial charge in [0.15, 0.2) is 11.9 Å². The SMILES string of the molecule is CCO/C=N/n1cnc2c(C(=O)c3ccccc3)onc2c1=O. The molecular weight excluding hydrogens is 300 g/mol. The number of aromatic nitrogens is 3. The van der Waals surface area contributed by atoms with Crippen molar-refractivity contribution in [1.29, 1.82) is 0 Å². The predicted octanol–water partition coefficient (Wildman–Crippen LogP) is 1.44. The van der Waals surface area contributed by atoms with Gasteiger partial charge in [-0.1, -0.05) is 35.5 Å². The molecule has 0 atom stereocenters. The first-order valence-corrected chi connectivity index (χ1v) is 6.83. The minimum atomic E-state index is -0.554. The van der Waals surface area contributed by atoms with Crippen molar-refractivity contribution in [3.05, 3.63) is 58.3 Å². The summed E-state index contributed by atoms with van der Waals surface area (Å²) < 4.78 is 10.9. The second-order valence-electron chi connectivity index (χ2n) is 4.47. The second-order valence-corrected chi connectivity index (χ2v) is 4.47. The van der Waals surface area contributed by atoms with Crippen LogP contribution >= 0.6 is 0 Å². The second kappa shape index (κ2) is 6.22. The molecule has 23 heavy (non-hydrogen) atoms. The maximum atomic E-state index is 12.4. The van der Waals surface area contributed by atoms with Crippen molar-refractivity contribution in [3.63, 3.8) is 0 Å². The van der Waals surface area contributed by atoms with Gasteiger partial charge in [0.2, 0.25) is 11.5 Å². The third-order valence-electron chi connectivity index (χ3n) is 3.03. The van der Waals surface area contributed by atoms with Crippen LogP contribution in [0.15, 0.2) is 51.1 Å². The van der Waals surface area contributed by atoms with Crippen LogP contribution in [0.2, 0.25) is 0 Å². The topological polar surface area (TPSA) is 99.6 Å². The summed E-state index contributed by atoms with van der Waals surface area (Å²) in [6, 6.07) is 8.54. The zero-order chi connectivity index (χ0) is 16.2. The highest BCUT2D eigenvalue weighted by Crippen LogP contribution is 2.16. The molecule has 8 nitrogen and oxygen atoms in total. The highest BCUT2D eigenvalue weighted by molar-refractivity contribution is 6.12. The van der Waals surface area contributed by atoms with E-state index >= 15 is 0 Å². The molecule has 0 bridgehead atoms. The quantitative estimate of drug-likeness (QED) is 0.401. The number of fused-ring (bicyclic) bond motifs is 1. The van der Waals surface area contributed by atoms with Gasteiger partial charge in [-0.3, -0.25) is 9.59 Å². The van der Waals surface area contributed by atoms with Crippen LogP contribution in [0.3, 0.4) is 0 Å². The zero-order valence-electron chi connectivity index (χ0n) is 12.2. The van der Waals surface area contributed by atoms with Gasteiger partial charge < -0.3 is 9.26 Å². The Balaban J connectivity index is 2.04. The fourth-order valence-electron chi connectivity index (χ4n) is 1.93. The molecule has 0 fully saturated rings. The summed E-state index contributed by atoms with van der Waals surface area (Å²) in [6.07, 6.45) is 2.31. The summed E-state index contributed by atoms with van der Waals surface area (Å²) in [6.45, 7) is 2.21. The zero-order valence-corrected chi connectivity index (χ0v) is 12.2. The Kier molecular flexibility index (Phi) is 3.96. The molecule has 0 aliphatic carbocycles. The molecule has 0 radical (unpaired) electrons. The minimum Gasteiger partial charge on any atom is -0.482 e. The van der Waals surface area contributed by atoms with E-state index < -0.39 is 11.3 Å². The van der Waals surface area contributed by atoms with Crippen LogP contribution in [-0.4, -0.2) is 33.6 Å². The third-order valence-corrected chi connectivity index (χ3v) is 3.03. The average molecular weight is 312 g/mol. The lowest BCUT2D eigenvalue weighted by atomic mass is 10.1. The van der Waals surface area contributed by atoms with Crippen molar-refractivity contribution < 1.29 is 14.1 Å². The number of ether oxygens (including phenoxy) is 1. The van der Waals surface area contributed by atoms with Gasteiger partial charge in [-0.05, 0) is 6.92 Å². The summed E-state index contributed by atoms with van der Waals surface area (Å²) in [5.74, 6) is -0.472. The molecule has 0 saturated heterocycles. The molecule has 0 aliphatic heterocycles. The normalized spacial score (nSPS) is 11.2. The average Bonchev–Trinajstić information content (AvgIpc) is 3.02. The minimum absolute atomic E-state index is 0.0690. The summed E-state index contributed by atoms with van der Waals surface area (Å²) >= 11 is 0. The Morgan fingerprint density at radius 1 is 1.35 bits per heavy atom. The first-order chi connectivity index (χ1) is 11.2. The van der Waals surface area contributed by atoms with E-state index in [4.69, 9.17) is 9.26 Å². The highest BCUT2D eigenvalue weighted by Gasteiger charge is 2.21. The lowest BCUT2D eigenvalue weighted by Crippen LogP contribution is -2.17. The molecule has 2 aromatic heterocycles. The molecule has 3 rings (SSSR count). The van der Waals surface area contributed by atoms with Gasteiger partial charge in [-0.15, -0.1) is 5.10 Å². The maximum Gasteiger partial charge on any atom is 0.304 e. The molecule has 2 heterocycles. The summed E-state index contributed by atoms with van der Waals surface area (Å²) in [7, 11) is 0. The number of carbonyl (C=O) groups excluding carboxylic acids is 1. The Labute approximate surface area is 130 Å². The van der Waals surface area contributed by atoms with Crippen molar-refractivity contribution >= 4 is 23.2 Å².